The maximum absolute atomic E-state index is 13.2. The summed E-state index contributed by atoms with van der Waals surface area (Å²) in [7, 11) is 0. The molecule has 90 valence electrons. The molecular formula is C12H16BrF2N. The number of alkyl halides is 1. The highest BCUT2D eigenvalue weighted by Gasteiger charge is 2.06. The first kappa shape index (κ1) is 13.6. The first-order chi connectivity index (χ1) is 7.75. The lowest BCUT2D eigenvalue weighted by Crippen LogP contribution is -2.16. The van der Waals surface area contributed by atoms with Crippen LogP contribution >= 0.6 is 15.9 Å². The lowest BCUT2D eigenvalue weighted by atomic mass is 10.2. The summed E-state index contributed by atoms with van der Waals surface area (Å²) >= 11 is 3.36. The van der Waals surface area contributed by atoms with Crippen molar-refractivity contribution in [1.29, 1.82) is 0 Å². The number of benzene rings is 1. The molecule has 0 spiro atoms. The smallest absolute Gasteiger partial charge is 0.163 e. The summed E-state index contributed by atoms with van der Waals surface area (Å²) in [5.74, 6) is -1.52. The second-order valence-corrected chi connectivity index (χ2v) is 4.43. The minimum Gasteiger partial charge on any atom is -0.313 e. The molecule has 0 atom stereocenters. The molecule has 1 nitrogen and oxygen atoms in total. The average Bonchev–Trinajstić information content (AvgIpc) is 2.29. The molecule has 0 aromatic heterocycles. The summed E-state index contributed by atoms with van der Waals surface area (Å²) in [4.78, 5) is 0. The van der Waals surface area contributed by atoms with Crippen molar-refractivity contribution in [3.05, 3.63) is 35.4 Å². The number of halogens is 3. The molecule has 0 unspecified atom stereocenters. The Kier molecular flexibility index (Phi) is 6.57. The fourth-order valence-electron chi connectivity index (χ4n) is 1.43. The monoisotopic (exact) mass is 291 g/mol. The molecule has 1 N–H and O–H groups in total. The Balaban J connectivity index is 2.24. The summed E-state index contributed by atoms with van der Waals surface area (Å²) in [6.07, 6.45) is 3.35. The van der Waals surface area contributed by atoms with Crippen LogP contribution < -0.4 is 5.32 Å². The first-order valence-corrected chi connectivity index (χ1v) is 6.57. The van der Waals surface area contributed by atoms with Crippen LogP contribution in [-0.4, -0.2) is 11.9 Å². The molecule has 0 radical (unpaired) electrons. The molecule has 1 rings (SSSR count). The van der Waals surface area contributed by atoms with Crippen LogP contribution in [-0.2, 0) is 6.54 Å². The maximum atomic E-state index is 13.2. The number of nitrogens with one attached hydrogen (secondary N) is 1. The largest absolute Gasteiger partial charge is 0.313 e. The Morgan fingerprint density at radius 2 is 1.94 bits per heavy atom. The molecule has 0 aliphatic carbocycles. The number of rotatable bonds is 7. The molecule has 4 heteroatoms. The van der Waals surface area contributed by atoms with Crippen LogP contribution in [0.2, 0.25) is 0 Å². The van der Waals surface area contributed by atoms with E-state index in [1.54, 1.807) is 6.07 Å². The van der Waals surface area contributed by atoms with E-state index in [2.05, 4.69) is 21.2 Å². The summed E-state index contributed by atoms with van der Waals surface area (Å²) in [5.41, 5.74) is 0.389. The van der Waals surface area contributed by atoms with E-state index in [-0.39, 0.29) is 0 Å². The first-order valence-electron chi connectivity index (χ1n) is 5.45. The zero-order chi connectivity index (χ0) is 11.8. The maximum Gasteiger partial charge on any atom is 0.163 e. The zero-order valence-corrected chi connectivity index (χ0v) is 10.7. The van der Waals surface area contributed by atoms with Crippen LogP contribution in [0.4, 0.5) is 8.78 Å². The van der Waals surface area contributed by atoms with E-state index < -0.39 is 11.6 Å². The highest BCUT2D eigenvalue weighted by molar-refractivity contribution is 9.09. The molecule has 0 saturated heterocycles. The molecule has 0 bridgehead atoms. The van der Waals surface area contributed by atoms with Crippen LogP contribution in [0.3, 0.4) is 0 Å². The lowest BCUT2D eigenvalue weighted by molar-refractivity contribution is 0.491. The van der Waals surface area contributed by atoms with Gasteiger partial charge < -0.3 is 5.32 Å². The highest BCUT2D eigenvalue weighted by Crippen LogP contribution is 2.10. The van der Waals surface area contributed by atoms with Gasteiger partial charge in [0.2, 0.25) is 0 Å². The van der Waals surface area contributed by atoms with Crippen LogP contribution in [0.15, 0.2) is 18.2 Å². The van der Waals surface area contributed by atoms with Gasteiger partial charge in [0.15, 0.2) is 11.6 Å². The predicted octanol–water partition coefficient (Wildman–Crippen LogP) is 3.62. The van der Waals surface area contributed by atoms with Crippen molar-refractivity contribution in [2.24, 2.45) is 0 Å². The minimum absolute atomic E-state index is 0.387. The Morgan fingerprint density at radius 1 is 1.12 bits per heavy atom. The molecule has 0 aliphatic rings. The highest BCUT2D eigenvalue weighted by atomic mass is 79.9. The Morgan fingerprint density at radius 3 is 2.69 bits per heavy atom. The molecule has 16 heavy (non-hydrogen) atoms. The van der Waals surface area contributed by atoms with Crippen molar-refractivity contribution < 1.29 is 8.78 Å². The number of hydrogen-bond donors (Lipinski definition) is 1. The second kappa shape index (κ2) is 7.74. The van der Waals surface area contributed by atoms with Gasteiger partial charge in [-0.15, -0.1) is 0 Å². The van der Waals surface area contributed by atoms with E-state index in [1.165, 1.54) is 6.07 Å². The summed E-state index contributed by atoms with van der Waals surface area (Å²) < 4.78 is 26.1. The Labute approximate surface area is 103 Å². The van der Waals surface area contributed by atoms with Gasteiger partial charge in [-0.1, -0.05) is 34.5 Å². The van der Waals surface area contributed by atoms with E-state index in [1.807, 2.05) is 0 Å². The number of unbranched alkanes of at least 4 members (excludes halogenated alkanes) is 2. The van der Waals surface area contributed by atoms with Crippen LogP contribution in [0.1, 0.15) is 24.8 Å². The van der Waals surface area contributed by atoms with Crippen LogP contribution in [0, 0.1) is 11.6 Å². The fourth-order valence-corrected chi connectivity index (χ4v) is 1.83. The van der Waals surface area contributed by atoms with Crippen molar-refractivity contribution in [3.8, 4) is 0 Å². The SMILES string of the molecule is Fc1cccc(CNCCCCCBr)c1F. The topological polar surface area (TPSA) is 12.0 Å². The van der Waals surface area contributed by atoms with Crippen molar-refractivity contribution in [3.63, 3.8) is 0 Å². The van der Waals surface area contributed by atoms with E-state index in [4.69, 9.17) is 0 Å². The van der Waals surface area contributed by atoms with Gasteiger partial charge >= 0.3 is 0 Å². The van der Waals surface area contributed by atoms with Crippen LogP contribution in [0.25, 0.3) is 0 Å². The third-order valence-electron chi connectivity index (χ3n) is 2.33. The van der Waals surface area contributed by atoms with Crippen molar-refractivity contribution in [2.75, 3.05) is 11.9 Å². The molecule has 1 aromatic rings. The summed E-state index contributed by atoms with van der Waals surface area (Å²) in [6, 6.07) is 4.26. The summed E-state index contributed by atoms with van der Waals surface area (Å²) in [5, 5.41) is 4.13. The fraction of sp³-hybridized carbons (Fsp3) is 0.500. The van der Waals surface area contributed by atoms with Crippen molar-refractivity contribution in [1.82, 2.24) is 5.32 Å². The van der Waals surface area contributed by atoms with E-state index in [9.17, 15) is 8.78 Å². The zero-order valence-electron chi connectivity index (χ0n) is 9.11. The van der Waals surface area contributed by atoms with E-state index in [0.717, 1.165) is 37.2 Å². The normalized spacial score (nSPS) is 10.7. The van der Waals surface area contributed by atoms with Gasteiger partial charge in [0.05, 0.1) is 0 Å². The van der Waals surface area contributed by atoms with Gasteiger partial charge in [-0.25, -0.2) is 8.78 Å². The lowest BCUT2D eigenvalue weighted by Gasteiger charge is -2.06. The summed E-state index contributed by atoms with van der Waals surface area (Å²) in [6.45, 7) is 1.22. The van der Waals surface area contributed by atoms with Gasteiger partial charge in [-0.2, -0.15) is 0 Å². The van der Waals surface area contributed by atoms with Gasteiger partial charge in [0, 0.05) is 17.4 Å². The van der Waals surface area contributed by atoms with Gasteiger partial charge in [0.25, 0.3) is 0 Å². The van der Waals surface area contributed by atoms with Gasteiger partial charge in [-0.3, -0.25) is 0 Å². The van der Waals surface area contributed by atoms with E-state index in [0.29, 0.717) is 12.1 Å². The van der Waals surface area contributed by atoms with Gasteiger partial charge in [0.1, 0.15) is 0 Å². The quantitative estimate of drug-likeness (QED) is 0.598. The molecule has 1 aromatic carbocycles. The predicted molar refractivity (Wildman–Crippen MR) is 65.7 cm³/mol. The Bertz CT molecular complexity index is 318. The molecule has 0 aliphatic heterocycles. The molecule has 0 amide bonds. The van der Waals surface area contributed by atoms with Crippen molar-refractivity contribution in [2.45, 2.75) is 25.8 Å². The van der Waals surface area contributed by atoms with Crippen molar-refractivity contribution >= 4 is 15.9 Å². The third kappa shape index (κ3) is 4.58. The Hall–Kier alpha value is -0.480. The molecular weight excluding hydrogens is 276 g/mol. The minimum atomic E-state index is -0.779. The standard InChI is InChI=1S/C12H16BrF2N/c13-7-2-1-3-8-16-9-10-5-4-6-11(14)12(10)15/h4-6,16H,1-3,7-9H2. The third-order valence-corrected chi connectivity index (χ3v) is 2.89. The molecule has 0 saturated carbocycles. The molecule has 0 heterocycles. The van der Waals surface area contributed by atoms with Gasteiger partial charge in [-0.05, 0) is 25.5 Å². The number of hydrogen-bond acceptors (Lipinski definition) is 1. The van der Waals surface area contributed by atoms with E-state index >= 15 is 0 Å². The second-order valence-electron chi connectivity index (χ2n) is 3.64. The average molecular weight is 292 g/mol. The van der Waals surface area contributed by atoms with Crippen LogP contribution in [0.5, 0.6) is 0 Å². The molecule has 0 fully saturated rings.